The quantitative estimate of drug-likeness (QED) is 0.819. The van der Waals surface area contributed by atoms with E-state index in [0.717, 1.165) is 22.2 Å². The SMILES string of the molecule is CCC[C@H](Nc1nc(N)nc2c(C)csc12)C(=O)OC.S. The van der Waals surface area contributed by atoms with Gasteiger partial charge in [-0.1, -0.05) is 13.3 Å². The van der Waals surface area contributed by atoms with Crippen molar-refractivity contribution in [2.24, 2.45) is 0 Å². The van der Waals surface area contributed by atoms with E-state index in [1.165, 1.54) is 18.4 Å². The van der Waals surface area contributed by atoms with Gasteiger partial charge in [0.25, 0.3) is 0 Å². The zero-order chi connectivity index (χ0) is 14.7. The fourth-order valence-corrected chi connectivity index (χ4v) is 2.93. The van der Waals surface area contributed by atoms with E-state index in [0.29, 0.717) is 12.2 Å². The molecule has 1 atom stereocenters. The number of carbonyl (C=O) groups is 1. The molecular formula is C13H20N4O2S2. The topological polar surface area (TPSA) is 90.1 Å². The number of aromatic nitrogens is 2. The number of rotatable bonds is 5. The van der Waals surface area contributed by atoms with E-state index in [-0.39, 0.29) is 25.4 Å². The van der Waals surface area contributed by atoms with Crippen LogP contribution in [0.1, 0.15) is 25.3 Å². The summed E-state index contributed by atoms with van der Waals surface area (Å²) in [7, 11) is 1.38. The van der Waals surface area contributed by atoms with Crippen LogP contribution >= 0.6 is 24.8 Å². The van der Waals surface area contributed by atoms with E-state index < -0.39 is 6.04 Å². The lowest BCUT2D eigenvalue weighted by molar-refractivity contribution is -0.141. The lowest BCUT2D eigenvalue weighted by Crippen LogP contribution is -2.31. The summed E-state index contributed by atoms with van der Waals surface area (Å²) in [6.07, 6.45) is 1.53. The van der Waals surface area contributed by atoms with Gasteiger partial charge in [0.1, 0.15) is 11.9 Å². The van der Waals surface area contributed by atoms with Crippen molar-refractivity contribution in [1.82, 2.24) is 9.97 Å². The van der Waals surface area contributed by atoms with Crippen LogP contribution in [0.25, 0.3) is 10.2 Å². The Hall–Kier alpha value is -1.54. The minimum Gasteiger partial charge on any atom is -0.467 e. The molecule has 0 fully saturated rings. The maximum Gasteiger partial charge on any atom is 0.328 e. The van der Waals surface area contributed by atoms with Crippen molar-refractivity contribution in [1.29, 1.82) is 0 Å². The van der Waals surface area contributed by atoms with Gasteiger partial charge in [-0.05, 0) is 24.3 Å². The smallest absolute Gasteiger partial charge is 0.328 e. The molecule has 2 rings (SSSR count). The van der Waals surface area contributed by atoms with Crippen molar-refractivity contribution >= 4 is 52.8 Å². The zero-order valence-corrected chi connectivity index (χ0v) is 14.1. The number of esters is 1. The number of thiophene rings is 1. The molecule has 0 aliphatic heterocycles. The van der Waals surface area contributed by atoms with Crippen LogP contribution in [0.15, 0.2) is 5.38 Å². The number of nitrogens with two attached hydrogens (primary N) is 1. The summed E-state index contributed by atoms with van der Waals surface area (Å²) in [5, 5.41) is 5.13. The van der Waals surface area contributed by atoms with Crippen LogP contribution in [-0.4, -0.2) is 29.1 Å². The number of hydrogen-bond acceptors (Lipinski definition) is 7. The standard InChI is InChI=1S/C13H18N4O2S.H2S/c1-4-5-8(12(18)19-3)15-11-10-9(7(2)6-20-10)16-13(14)17-11;/h6,8H,4-5H2,1-3H3,(H3,14,15,16,17);1H2/t8-;/m0./s1. The summed E-state index contributed by atoms with van der Waals surface area (Å²) >= 11 is 1.53. The fourth-order valence-electron chi connectivity index (χ4n) is 1.99. The molecule has 116 valence electrons. The summed E-state index contributed by atoms with van der Waals surface area (Å²) in [4.78, 5) is 20.2. The molecule has 6 nitrogen and oxygen atoms in total. The van der Waals surface area contributed by atoms with Gasteiger partial charge in [0.2, 0.25) is 5.95 Å². The largest absolute Gasteiger partial charge is 0.467 e. The highest BCUT2D eigenvalue weighted by Crippen LogP contribution is 2.30. The summed E-state index contributed by atoms with van der Waals surface area (Å²) in [6.45, 7) is 3.98. The molecule has 0 saturated heterocycles. The highest BCUT2D eigenvalue weighted by Gasteiger charge is 2.20. The minimum atomic E-state index is -0.426. The third-order valence-corrected chi connectivity index (χ3v) is 4.08. The van der Waals surface area contributed by atoms with Crippen molar-refractivity contribution in [3.8, 4) is 0 Å². The molecule has 0 radical (unpaired) electrons. The molecule has 21 heavy (non-hydrogen) atoms. The van der Waals surface area contributed by atoms with Gasteiger partial charge < -0.3 is 15.8 Å². The van der Waals surface area contributed by atoms with Gasteiger partial charge in [-0.15, -0.1) is 11.3 Å². The maximum atomic E-state index is 11.8. The number of fused-ring (bicyclic) bond motifs is 1. The third kappa shape index (κ3) is 3.76. The monoisotopic (exact) mass is 328 g/mol. The molecule has 0 amide bonds. The van der Waals surface area contributed by atoms with E-state index in [1.807, 2.05) is 19.2 Å². The number of aryl methyl sites for hydroxylation is 1. The first-order valence-electron chi connectivity index (χ1n) is 6.42. The molecule has 0 spiro atoms. The molecule has 0 saturated carbocycles. The fraction of sp³-hybridized carbons (Fsp3) is 0.462. The van der Waals surface area contributed by atoms with Crippen molar-refractivity contribution in [2.75, 3.05) is 18.2 Å². The molecule has 0 bridgehead atoms. The number of hydrogen-bond donors (Lipinski definition) is 2. The number of ether oxygens (including phenoxy) is 1. The van der Waals surface area contributed by atoms with Crippen LogP contribution in [0.5, 0.6) is 0 Å². The van der Waals surface area contributed by atoms with Crippen molar-refractivity contribution < 1.29 is 9.53 Å². The maximum absolute atomic E-state index is 11.8. The van der Waals surface area contributed by atoms with E-state index in [2.05, 4.69) is 15.3 Å². The molecule has 0 unspecified atom stereocenters. The Labute approximate surface area is 134 Å². The van der Waals surface area contributed by atoms with Crippen LogP contribution in [0.4, 0.5) is 11.8 Å². The van der Waals surface area contributed by atoms with Gasteiger partial charge in [0.15, 0.2) is 0 Å². The summed E-state index contributed by atoms with van der Waals surface area (Å²) in [6, 6.07) is -0.426. The second-order valence-electron chi connectivity index (χ2n) is 4.54. The van der Waals surface area contributed by atoms with E-state index >= 15 is 0 Å². The summed E-state index contributed by atoms with van der Waals surface area (Å²) in [5.41, 5.74) is 7.61. The van der Waals surface area contributed by atoms with Crippen LogP contribution in [0.2, 0.25) is 0 Å². The van der Waals surface area contributed by atoms with Crippen molar-refractivity contribution in [2.45, 2.75) is 32.7 Å². The van der Waals surface area contributed by atoms with E-state index in [4.69, 9.17) is 10.5 Å². The second kappa shape index (κ2) is 7.46. The van der Waals surface area contributed by atoms with Gasteiger partial charge in [-0.3, -0.25) is 0 Å². The minimum absolute atomic E-state index is 0. The molecule has 0 aromatic carbocycles. The van der Waals surface area contributed by atoms with Crippen LogP contribution < -0.4 is 11.1 Å². The summed E-state index contributed by atoms with van der Waals surface area (Å²) < 4.78 is 5.72. The first-order chi connectivity index (χ1) is 9.56. The van der Waals surface area contributed by atoms with E-state index in [1.54, 1.807) is 0 Å². The Kier molecular flexibility index (Phi) is 6.22. The molecule has 0 aliphatic rings. The average Bonchev–Trinajstić information content (AvgIpc) is 2.79. The van der Waals surface area contributed by atoms with Gasteiger partial charge >= 0.3 is 5.97 Å². The molecule has 3 N–H and O–H groups in total. The number of methoxy groups -OCH3 is 1. The Bertz CT molecular complexity index is 630. The first-order valence-corrected chi connectivity index (χ1v) is 7.30. The van der Waals surface area contributed by atoms with Crippen molar-refractivity contribution in [3.05, 3.63) is 10.9 Å². The summed E-state index contributed by atoms with van der Waals surface area (Å²) in [5.74, 6) is 0.488. The van der Waals surface area contributed by atoms with Gasteiger partial charge in [-0.25, -0.2) is 9.78 Å². The van der Waals surface area contributed by atoms with E-state index in [9.17, 15) is 4.79 Å². The zero-order valence-electron chi connectivity index (χ0n) is 12.3. The lowest BCUT2D eigenvalue weighted by Gasteiger charge is -2.16. The highest BCUT2D eigenvalue weighted by atomic mass is 32.1. The highest BCUT2D eigenvalue weighted by molar-refractivity contribution is 7.59. The molecular weight excluding hydrogens is 308 g/mol. The second-order valence-corrected chi connectivity index (χ2v) is 5.42. The Morgan fingerprint density at radius 1 is 1.52 bits per heavy atom. The first kappa shape index (κ1) is 17.5. The Balaban J connectivity index is 0.00000220. The Morgan fingerprint density at radius 3 is 2.86 bits per heavy atom. The van der Waals surface area contributed by atoms with Crippen LogP contribution in [0, 0.1) is 6.92 Å². The molecule has 8 heteroatoms. The lowest BCUT2D eigenvalue weighted by atomic mass is 10.1. The number of nitrogens with one attached hydrogen (secondary N) is 1. The van der Waals surface area contributed by atoms with Crippen molar-refractivity contribution in [3.63, 3.8) is 0 Å². The number of carbonyl (C=O) groups excluding carboxylic acids is 1. The predicted molar refractivity (Wildman–Crippen MR) is 91.3 cm³/mol. The number of nitrogen functional groups attached to an aromatic ring is 1. The van der Waals surface area contributed by atoms with Crippen LogP contribution in [0.3, 0.4) is 0 Å². The molecule has 2 aromatic rings. The van der Waals surface area contributed by atoms with Gasteiger partial charge in [-0.2, -0.15) is 18.5 Å². The molecule has 2 aromatic heterocycles. The normalized spacial score (nSPS) is 11.8. The van der Waals surface area contributed by atoms with Crippen LogP contribution in [-0.2, 0) is 9.53 Å². The molecule has 2 heterocycles. The van der Waals surface area contributed by atoms with Gasteiger partial charge in [0, 0.05) is 0 Å². The Morgan fingerprint density at radius 2 is 2.24 bits per heavy atom. The van der Waals surface area contributed by atoms with Gasteiger partial charge in [0.05, 0.1) is 17.3 Å². The molecule has 0 aliphatic carbocycles. The average molecular weight is 328 g/mol. The number of nitrogens with zero attached hydrogens (tertiary/aromatic N) is 2. The number of anilines is 2. The third-order valence-electron chi connectivity index (χ3n) is 2.98. The predicted octanol–water partition coefficient (Wildman–Crippen LogP) is 2.45.